The zero-order chi connectivity index (χ0) is 24.2. The van der Waals surface area contributed by atoms with Crippen molar-refractivity contribution in [2.45, 2.75) is 130 Å². The van der Waals surface area contributed by atoms with Gasteiger partial charge in [0.15, 0.2) is 0 Å². The number of hydrogen-bond donors (Lipinski definition) is 1. The van der Waals surface area contributed by atoms with Crippen LogP contribution in [0.5, 0.6) is 0 Å². The highest BCUT2D eigenvalue weighted by atomic mass is 16.3. The van der Waals surface area contributed by atoms with Crippen molar-refractivity contribution in [3.05, 3.63) is 23.8 Å². The van der Waals surface area contributed by atoms with Crippen LogP contribution in [0.15, 0.2) is 23.8 Å². The first-order valence-electron chi connectivity index (χ1n) is 15.9. The second kappa shape index (κ2) is 9.63. The Morgan fingerprint density at radius 1 is 0.971 bits per heavy atom. The monoisotopic (exact) mass is 478 g/mol. The number of aliphatic hydroxyl groups excluding tert-OH is 1. The molecule has 35 heavy (non-hydrogen) atoms. The van der Waals surface area contributed by atoms with Crippen molar-refractivity contribution in [3.63, 3.8) is 0 Å². The zero-order valence-corrected chi connectivity index (χ0v) is 23.2. The summed E-state index contributed by atoms with van der Waals surface area (Å²) in [7, 11) is 0. The Bertz CT molecular complexity index is 812. The van der Waals surface area contributed by atoms with Crippen LogP contribution in [0.1, 0.15) is 124 Å². The molecule has 1 nitrogen and oxygen atoms in total. The Balaban J connectivity index is 1.07. The molecule has 196 valence electrons. The second-order valence-corrected chi connectivity index (χ2v) is 15.0. The first-order chi connectivity index (χ1) is 16.9. The molecule has 2 bridgehead atoms. The Hall–Kier alpha value is -0.560. The van der Waals surface area contributed by atoms with Crippen LogP contribution in [0.2, 0.25) is 0 Å². The fourth-order valence-electron chi connectivity index (χ4n) is 11.4. The van der Waals surface area contributed by atoms with Gasteiger partial charge in [-0.05, 0) is 142 Å². The molecular formula is C34H54O. The Morgan fingerprint density at radius 2 is 1.77 bits per heavy atom. The topological polar surface area (TPSA) is 20.2 Å². The van der Waals surface area contributed by atoms with Crippen molar-refractivity contribution < 1.29 is 5.11 Å². The fraction of sp³-hybridized carbons (Fsp3) is 0.882. The summed E-state index contributed by atoms with van der Waals surface area (Å²) >= 11 is 0. The molecule has 6 aliphatic rings. The van der Waals surface area contributed by atoms with Crippen molar-refractivity contribution >= 4 is 0 Å². The molecule has 2 unspecified atom stereocenters. The van der Waals surface area contributed by atoms with Gasteiger partial charge in [-0.2, -0.15) is 0 Å². The minimum absolute atomic E-state index is 0.0824. The molecular weight excluding hydrogens is 424 g/mol. The lowest BCUT2D eigenvalue weighted by atomic mass is 9.47. The van der Waals surface area contributed by atoms with Gasteiger partial charge in [0.05, 0.1) is 6.10 Å². The van der Waals surface area contributed by atoms with Crippen LogP contribution in [0.25, 0.3) is 0 Å². The summed E-state index contributed by atoms with van der Waals surface area (Å²) in [6.45, 7) is 7.82. The lowest BCUT2D eigenvalue weighted by Crippen LogP contribution is -2.50. The standard InChI is InChI=1S/C34H54O/c1-23(7-4-5-8-24-19-25-9-6-10-26(20-24)21-25)30-13-14-31-29-12-11-27-22-28(35)15-17-33(27,2)32(29)16-18-34(30,31)3/h4,7,11,23-26,28-32,35H,5-6,8-10,12-22H2,1-3H3/b7-4+/t23-,24?,25?,26?,28+,29+,30-,31+,32+,33+,34-/m1/s1. The fourth-order valence-corrected chi connectivity index (χ4v) is 11.4. The minimum atomic E-state index is -0.0824. The average Bonchev–Trinajstić information content (AvgIpc) is 3.19. The molecule has 0 heterocycles. The number of aliphatic hydroxyl groups is 1. The molecule has 0 radical (unpaired) electrons. The summed E-state index contributed by atoms with van der Waals surface area (Å²) in [6, 6.07) is 0. The summed E-state index contributed by atoms with van der Waals surface area (Å²) in [5.74, 6) is 7.48. The van der Waals surface area contributed by atoms with E-state index in [2.05, 4.69) is 39.0 Å². The van der Waals surface area contributed by atoms with E-state index in [-0.39, 0.29) is 6.10 Å². The molecule has 0 aromatic heterocycles. The van der Waals surface area contributed by atoms with E-state index in [9.17, 15) is 5.11 Å². The van der Waals surface area contributed by atoms with Crippen molar-refractivity contribution in [1.29, 1.82) is 0 Å². The molecule has 6 rings (SSSR count). The number of fused-ring (bicyclic) bond motifs is 7. The maximum atomic E-state index is 10.3. The largest absolute Gasteiger partial charge is 0.393 e. The van der Waals surface area contributed by atoms with Gasteiger partial charge in [0.1, 0.15) is 0 Å². The van der Waals surface area contributed by atoms with Gasteiger partial charge >= 0.3 is 0 Å². The summed E-state index contributed by atoms with van der Waals surface area (Å²) < 4.78 is 0. The van der Waals surface area contributed by atoms with E-state index >= 15 is 0 Å². The van der Waals surface area contributed by atoms with Crippen LogP contribution < -0.4 is 0 Å². The van der Waals surface area contributed by atoms with Crippen LogP contribution in [-0.2, 0) is 0 Å². The van der Waals surface area contributed by atoms with Crippen LogP contribution in [0.3, 0.4) is 0 Å². The summed E-state index contributed by atoms with van der Waals surface area (Å²) in [4.78, 5) is 0. The summed E-state index contributed by atoms with van der Waals surface area (Å²) in [5.41, 5.74) is 2.54. The van der Waals surface area contributed by atoms with Crippen LogP contribution in [0.4, 0.5) is 0 Å². The van der Waals surface area contributed by atoms with Crippen molar-refractivity contribution in [2.24, 2.45) is 58.2 Å². The van der Waals surface area contributed by atoms with E-state index in [0.717, 1.165) is 60.2 Å². The van der Waals surface area contributed by atoms with Crippen LogP contribution >= 0.6 is 0 Å². The quantitative estimate of drug-likeness (QED) is 0.391. The van der Waals surface area contributed by atoms with Gasteiger partial charge in [0.2, 0.25) is 0 Å². The van der Waals surface area contributed by atoms with Gasteiger partial charge in [-0.3, -0.25) is 0 Å². The maximum absolute atomic E-state index is 10.3. The molecule has 5 saturated carbocycles. The highest BCUT2D eigenvalue weighted by Gasteiger charge is 2.58. The van der Waals surface area contributed by atoms with Gasteiger partial charge in [-0.25, -0.2) is 0 Å². The number of rotatable bonds is 5. The van der Waals surface area contributed by atoms with Gasteiger partial charge in [0, 0.05) is 0 Å². The molecule has 1 heteroatoms. The molecule has 0 amide bonds. The van der Waals surface area contributed by atoms with Crippen molar-refractivity contribution in [1.82, 2.24) is 0 Å². The van der Waals surface area contributed by atoms with Crippen molar-refractivity contribution in [3.8, 4) is 0 Å². The highest BCUT2D eigenvalue weighted by molar-refractivity contribution is 5.25. The third kappa shape index (κ3) is 4.42. The van der Waals surface area contributed by atoms with Gasteiger partial charge in [-0.15, -0.1) is 0 Å². The van der Waals surface area contributed by atoms with Gasteiger partial charge < -0.3 is 5.11 Å². The minimum Gasteiger partial charge on any atom is -0.393 e. The molecule has 5 fully saturated rings. The zero-order valence-electron chi connectivity index (χ0n) is 23.2. The molecule has 0 saturated heterocycles. The molecule has 10 atom stereocenters. The molecule has 1 N–H and O–H groups in total. The molecule has 6 aliphatic carbocycles. The maximum Gasteiger partial charge on any atom is 0.0577 e. The van der Waals surface area contributed by atoms with E-state index < -0.39 is 0 Å². The SMILES string of the molecule is C[C@H](/C=C/CCC1CC2CCCC(C1)C2)[C@H]1CC[C@H]2[C@@H]3CC=C4C[C@@H](O)CC[C@]4(C)[C@H]3CC[C@]12C. The number of allylic oxidation sites excluding steroid dienone is 3. The second-order valence-electron chi connectivity index (χ2n) is 15.0. The highest BCUT2D eigenvalue weighted by Crippen LogP contribution is 2.67. The first-order valence-corrected chi connectivity index (χ1v) is 15.9. The lowest BCUT2D eigenvalue weighted by Gasteiger charge is -2.58. The van der Waals surface area contributed by atoms with E-state index in [4.69, 9.17) is 0 Å². The molecule has 0 spiro atoms. The Labute approximate surface area is 216 Å². The van der Waals surface area contributed by atoms with Crippen LogP contribution in [0, 0.1) is 58.2 Å². The van der Waals surface area contributed by atoms with Crippen LogP contribution in [-0.4, -0.2) is 11.2 Å². The molecule has 0 aromatic rings. The predicted molar refractivity (Wildman–Crippen MR) is 147 cm³/mol. The smallest absolute Gasteiger partial charge is 0.0577 e. The summed E-state index contributed by atoms with van der Waals surface area (Å²) in [6.07, 6.45) is 30.0. The third-order valence-corrected chi connectivity index (χ3v) is 13.2. The Kier molecular flexibility index (Phi) is 6.81. The average molecular weight is 479 g/mol. The van der Waals surface area contributed by atoms with E-state index in [1.165, 1.54) is 70.6 Å². The van der Waals surface area contributed by atoms with Crippen molar-refractivity contribution in [2.75, 3.05) is 0 Å². The van der Waals surface area contributed by atoms with E-state index in [1.54, 1.807) is 24.8 Å². The molecule has 0 aromatic carbocycles. The summed E-state index contributed by atoms with van der Waals surface area (Å²) in [5, 5.41) is 10.3. The first kappa shape index (κ1) is 24.8. The normalized spacial score (nSPS) is 50.2. The third-order valence-electron chi connectivity index (χ3n) is 13.2. The Morgan fingerprint density at radius 3 is 2.57 bits per heavy atom. The lowest BCUT2D eigenvalue weighted by molar-refractivity contribution is -0.0540. The van der Waals surface area contributed by atoms with Gasteiger partial charge in [-0.1, -0.05) is 63.8 Å². The van der Waals surface area contributed by atoms with Gasteiger partial charge in [0.25, 0.3) is 0 Å². The predicted octanol–water partition coefficient (Wildman–Crippen LogP) is 9.12. The van der Waals surface area contributed by atoms with E-state index in [0.29, 0.717) is 10.8 Å². The van der Waals surface area contributed by atoms with E-state index in [1.807, 2.05) is 0 Å². The molecule has 0 aliphatic heterocycles. The number of hydrogen-bond acceptors (Lipinski definition) is 1.